The van der Waals surface area contributed by atoms with Gasteiger partial charge in [0.15, 0.2) is 0 Å². The van der Waals surface area contributed by atoms with Crippen LogP contribution in [0.15, 0.2) is 24.3 Å². The summed E-state index contributed by atoms with van der Waals surface area (Å²) in [5.74, 6) is 1.62. The Hall–Kier alpha value is -2.52. The zero-order valence-corrected chi connectivity index (χ0v) is 23.4. The number of tetrazole rings is 1. The minimum absolute atomic E-state index is 0.137. The molecule has 2 rings (SSSR count). The van der Waals surface area contributed by atoms with Crippen molar-refractivity contribution in [3.63, 3.8) is 0 Å². The minimum Gasteiger partial charge on any atom is -0.494 e. The Bertz CT molecular complexity index is 802. The van der Waals surface area contributed by atoms with Crippen molar-refractivity contribution in [2.45, 2.75) is 96.8 Å². The Kier molecular flexibility index (Phi) is 18.7. The summed E-state index contributed by atoms with van der Waals surface area (Å²) in [4.78, 5) is 11.8. The fraction of sp³-hybridized carbons (Fsp3) is 0.724. The molecule has 0 radical (unpaired) electrons. The summed E-state index contributed by atoms with van der Waals surface area (Å²) in [6.45, 7) is 5.77. The van der Waals surface area contributed by atoms with Crippen molar-refractivity contribution in [2.24, 2.45) is 0 Å². The van der Waals surface area contributed by atoms with E-state index in [4.69, 9.17) is 14.2 Å². The first-order valence-corrected chi connectivity index (χ1v) is 14.7. The van der Waals surface area contributed by atoms with Gasteiger partial charge in [-0.05, 0) is 49.2 Å². The van der Waals surface area contributed by atoms with Gasteiger partial charge < -0.3 is 19.5 Å². The molecule has 1 heterocycles. The number of aromatic amines is 1. The lowest BCUT2D eigenvalue weighted by Crippen LogP contribution is -2.27. The van der Waals surface area contributed by atoms with Crippen molar-refractivity contribution in [3.05, 3.63) is 24.3 Å². The summed E-state index contributed by atoms with van der Waals surface area (Å²) in [6.07, 6.45) is 16.9. The van der Waals surface area contributed by atoms with Gasteiger partial charge in [-0.15, -0.1) is 10.2 Å². The second-order valence-corrected chi connectivity index (χ2v) is 9.61. The number of benzene rings is 1. The number of hydrogen-bond donors (Lipinski definition) is 2. The average molecular weight is 532 g/mol. The number of unbranched alkanes of at least 4 members (excludes halogenated alkanes) is 12. The second-order valence-electron chi connectivity index (χ2n) is 9.61. The molecule has 1 amide bonds. The number of nitrogens with one attached hydrogen (secondary N) is 2. The van der Waals surface area contributed by atoms with Gasteiger partial charge in [-0.3, -0.25) is 4.79 Å². The molecule has 0 aliphatic carbocycles. The molecular weight excluding hydrogens is 482 g/mol. The molecule has 9 heteroatoms. The summed E-state index contributed by atoms with van der Waals surface area (Å²) in [6, 6.07) is 7.81. The number of H-pyrrole nitrogens is 1. The number of nitrogens with zero attached hydrogens (tertiary/aromatic N) is 3. The first-order valence-electron chi connectivity index (χ1n) is 14.7. The molecule has 2 aromatic rings. The van der Waals surface area contributed by atoms with Gasteiger partial charge in [0.05, 0.1) is 26.4 Å². The Morgan fingerprint density at radius 3 is 1.97 bits per heavy atom. The van der Waals surface area contributed by atoms with E-state index in [0.29, 0.717) is 45.2 Å². The Balaban J connectivity index is 1.26. The second kappa shape index (κ2) is 22.5. The first-order chi connectivity index (χ1) is 18.8. The van der Waals surface area contributed by atoms with Crippen LogP contribution in [-0.4, -0.2) is 66.1 Å². The van der Waals surface area contributed by atoms with Gasteiger partial charge in [-0.2, -0.15) is 5.21 Å². The van der Waals surface area contributed by atoms with E-state index in [2.05, 4.69) is 25.9 Å². The van der Waals surface area contributed by atoms with E-state index in [1.807, 2.05) is 31.2 Å². The normalized spacial score (nSPS) is 11.1. The topological polar surface area (TPSA) is 111 Å². The van der Waals surface area contributed by atoms with E-state index in [0.717, 1.165) is 37.2 Å². The monoisotopic (exact) mass is 531 g/mol. The zero-order chi connectivity index (χ0) is 26.9. The van der Waals surface area contributed by atoms with Gasteiger partial charge >= 0.3 is 0 Å². The summed E-state index contributed by atoms with van der Waals surface area (Å²) in [7, 11) is 0. The van der Waals surface area contributed by atoms with Gasteiger partial charge in [0.1, 0.15) is 5.75 Å². The summed E-state index contributed by atoms with van der Waals surface area (Å²) in [5.41, 5.74) is 0.926. The van der Waals surface area contributed by atoms with Crippen LogP contribution < -0.4 is 10.1 Å². The summed E-state index contributed by atoms with van der Waals surface area (Å²) in [5, 5.41) is 16.9. The molecule has 0 bridgehead atoms. The molecule has 0 atom stereocenters. The number of rotatable bonds is 25. The molecule has 0 unspecified atom stereocenters. The highest BCUT2D eigenvalue weighted by atomic mass is 16.5. The maximum absolute atomic E-state index is 11.8. The third-order valence-corrected chi connectivity index (χ3v) is 6.42. The summed E-state index contributed by atoms with van der Waals surface area (Å²) >= 11 is 0. The Labute approximate surface area is 228 Å². The van der Waals surface area contributed by atoms with E-state index >= 15 is 0 Å². The van der Waals surface area contributed by atoms with Crippen LogP contribution in [0.3, 0.4) is 0 Å². The van der Waals surface area contributed by atoms with Crippen molar-refractivity contribution in [1.29, 1.82) is 0 Å². The van der Waals surface area contributed by atoms with E-state index in [9.17, 15) is 4.79 Å². The number of amides is 1. The van der Waals surface area contributed by atoms with E-state index < -0.39 is 0 Å². The van der Waals surface area contributed by atoms with Crippen molar-refractivity contribution in [2.75, 3.05) is 39.6 Å². The van der Waals surface area contributed by atoms with Gasteiger partial charge in [0, 0.05) is 25.1 Å². The number of ether oxygens (including phenoxy) is 3. The quantitative estimate of drug-likeness (QED) is 0.154. The number of hydrogen-bond acceptors (Lipinski definition) is 7. The van der Waals surface area contributed by atoms with Crippen LogP contribution >= 0.6 is 0 Å². The largest absolute Gasteiger partial charge is 0.494 e. The van der Waals surface area contributed by atoms with Crippen LogP contribution in [0.1, 0.15) is 96.8 Å². The van der Waals surface area contributed by atoms with E-state index in [1.54, 1.807) is 0 Å². The van der Waals surface area contributed by atoms with Gasteiger partial charge in [-0.25, -0.2) is 0 Å². The van der Waals surface area contributed by atoms with Crippen LogP contribution in [0.2, 0.25) is 0 Å². The predicted molar refractivity (Wildman–Crippen MR) is 150 cm³/mol. The van der Waals surface area contributed by atoms with Crippen molar-refractivity contribution in [1.82, 2.24) is 25.9 Å². The van der Waals surface area contributed by atoms with Crippen LogP contribution in [0, 0.1) is 0 Å². The highest BCUT2D eigenvalue weighted by Crippen LogP contribution is 2.19. The molecule has 1 aromatic carbocycles. The maximum atomic E-state index is 11.8. The molecule has 0 aliphatic heterocycles. The highest BCUT2D eigenvalue weighted by molar-refractivity contribution is 5.75. The van der Waals surface area contributed by atoms with E-state index in [-0.39, 0.29) is 5.91 Å². The number of aromatic nitrogens is 4. The lowest BCUT2D eigenvalue weighted by molar-refractivity contribution is -0.121. The highest BCUT2D eigenvalue weighted by Gasteiger charge is 2.03. The third-order valence-electron chi connectivity index (χ3n) is 6.42. The van der Waals surface area contributed by atoms with Gasteiger partial charge in [0.25, 0.3) is 0 Å². The number of carbonyl (C=O) groups excluding carboxylic acids is 1. The first kappa shape index (κ1) is 31.7. The molecule has 214 valence electrons. The molecule has 0 spiro atoms. The molecule has 2 N–H and O–H groups in total. The molecule has 38 heavy (non-hydrogen) atoms. The van der Waals surface area contributed by atoms with Crippen molar-refractivity contribution >= 4 is 5.91 Å². The van der Waals surface area contributed by atoms with Crippen LogP contribution in [0.4, 0.5) is 0 Å². The third kappa shape index (κ3) is 16.3. The average Bonchev–Trinajstić information content (AvgIpc) is 3.48. The van der Waals surface area contributed by atoms with Crippen LogP contribution in [-0.2, 0) is 14.3 Å². The SMILES string of the molecule is CCOCCOCCNC(=O)CCCCCCCCCCCCCCCOc1ccc(-c2nn[nH]n2)cc1. The number of carbonyl (C=O) groups is 1. The lowest BCUT2D eigenvalue weighted by atomic mass is 10.0. The fourth-order valence-corrected chi connectivity index (χ4v) is 4.22. The molecular formula is C29H49N5O4. The van der Waals surface area contributed by atoms with Crippen molar-refractivity contribution in [3.8, 4) is 17.1 Å². The standard InChI is InChI=1S/C29H49N5O4/c1-2-36-24-25-37-23-21-30-28(35)16-14-12-10-8-6-4-3-5-7-9-11-13-15-22-38-27-19-17-26(18-20-27)29-31-33-34-32-29/h17-20H,2-16,21-25H2,1H3,(H,30,35)(H,31,32,33,34). The molecule has 0 fully saturated rings. The Morgan fingerprint density at radius 1 is 0.763 bits per heavy atom. The molecule has 0 saturated carbocycles. The maximum Gasteiger partial charge on any atom is 0.220 e. The van der Waals surface area contributed by atoms with Gasteiger partial charge in [-0.1, -0.05) is 70.6 Å². The Morgan fingerprint density at radius 2 is 1.37 bits per heavy atom. The summed E-state index contributed by atoms with van der Waals surface area (Å²) < 4.78 is 16.4. The predicted octanol–water partition coefficient (Wildman–Crippen LogP) is 5.88. The fourth-order valence-electron chi connectivity index (χ4n) is 4.22. The molecule has 1 aromatic heterocycles. The van der Waals surface area contributed by atoms with Gasteiger partial charge in [0.2, 0.25) is 11.7 Å². The van der Waals surface area contributed by atoms with Crippen LogP contribution in [0.25, 0.3) is 11.4 Å². The van der Waals surface area contributed by atoms with Crippen molar-refractivity contribution < 1.29 is 19.0 Å². The lowest BCUT2D eigenvalue weighted by Gasteiger charge is -2.07. The minimum atomic E-state index is 0.137. The molecule has 0 saturated heterocycles. The molecule has 9 nitrogen and oxygen atoms in total. The van der Waals surface area contributed by atoms with Crippen LogP contribution in [0.5, 0.6) is 5.75 Å². The smallest absolute Gasteiger partial charge is 0.220 e. The zero-order valence-electron chi connectivity index (χ0n) is 23.4. The van der Waals surface area contributed by atoms with E-state index in [1.165, 1.54) is 64.2 Å². The molecule has 0 aliphatic rings.